The molecule has 3 nitrogen and oxygen atoms in total. The SMILES string of the molecule is Nc1c2cccc2[nH+]c2ccc[nH]c12. The van der Waals surface area contributed by atoms with Crippen molar-refractivity contribution in [1.29, 1.82) is 0 Å². The molecule has 0 aliphatic rings. The van der Waals surface area contributed by atoms with Crippen molar-refractivity contribution in [3.8, 4) is 0 Å². The third kappa shape index (κ3) is 0.836. The Bertz CT molecular complexity index is 610. The molecule has 0 saturated heterocycles. The van der Waals surface area contributed by atoms with Gasteiger partial charge in [-0.1, -0.05) is 6.07 Å². The van der Waals surface area contributed by atoms with Gasteiger partial charge in [0, 0.05) is 18.3 Å². The number of aromatic amines is 2. The van der Waals surface area contributed by atoms with Crippen LogP contribution < -0.4 is 10.7 Å². The van der Waals surface area contributed by atoms with E-state index in [9.17, 15) is 0 Å². The number of pyridine rings is 2. The lowest BCUT2D eigenvalue weighted by molar-refractivity contribution is -0.310. The Kier molecular flexibility index (Phi) is 1.31. The van der Waals surface area contributed by atoms with Crippen LogP contribution in [0, 0.1) is 0 Å². The summed E-state index contributed by atoms with van der Waals surface area (Å²) in [6.07, 6.45) is 1.88. The first-order valence-corrected chi connectivity index (χ1v) is 4.53. The lowest BCUT2D eigenvalue weighted by Gasteiger charge is -1.98. The van der Waals surface area contributed by atoms with E-state index in [1.165, 1.54) is 0 Å². The number of nitrogens with one attached hydrogen (secondary N) is 2. The topological polar surface area (TPSA) is 55.9 Å². The zero-order chi connectivity index (χ0) is 9.54. The molecule has 0 aliphatic carbocycles. The highest BCUT2D eigenvalue weighted by atomic mass is 14.8. The van der Waals surface area contributed by atoms with Gasteiger partial charge in [-0.3, -0.25) is 0 Å². The van der Waals surface area contributed by atoms with Gasteiger partial charge < -0.3 is 10.7 Å². The molecule has 0 saturated carbocycles. The van der Waals surface area contributed by atoms with Gasteiger partial charge in [0.2, 0.25) is 11.0 Å². The minimum Gasteiger partial charge on any atom is -0.396 e. The number of hydrogen-bond acceptors (Lipinski definition) is 1. The first-order chi connectivity index (χ1) is 6.86. The molecule has 0 spiro atoms. The number of nitrogen functional groups attached to an aromatic ring is 1. The van der Waals surface area contributed by atoms with Crippen molar-refractivity contribution in [3.63, 3.8) is 0 Å². The molecule has 2 heterocycles. The Morgan fingerprint density at radius 3 is 2.86 bits per heavy atom. The van der Waals surface area contributed by atoms with Crippen LogP contribution in [0.25, 0.3) is 21.9 Å². The average Bonchev–Trinajstić information content (AvgIpc) is 2.66. The van der Waals surface area contributed by atoms with Crippen molar-refractivity contribution in [2.45, 2.75) is 0 Å². The first-order valence-electron chi connectivity index (χ1n) is 4.53. The minimum absolute atomic E-state index is 0.805. The van der Waals surface area contributed by atoms with Crippen LogP contribution in [0.2, 0.25) is 0 Å². The van der Waals surface area contributed by atoms with E-state index in [1.807, 2.05) is 36.5 Å². The van der Waals surface area contributed by atoms with E-state index in [4.69, 9.17) is 5.73 Å². The van der Waals surface area contributed by atoms with Crippen molar-refractivity contribution >= 4 is 27.6 Å². The highest BCUT2D eigenvalue weighted by Crippen LogP contribution is 2.24. The molecule has 3 aromatic rings. The molecule has 0 bridgehead atoms. The summed E-state index contributed by atoms with van der Waals surface area (Å²) < 4.78 is 0. The van der Waals surface area contributed by atoms with E-state index in [-0.39, 0.29) is 0 Å². The van der Waals surface area contributed by atoms with Crippen LogP contribution in [0.5, 0.6) is 0 Å². The number of nitrogens with two attached hydrogens (primary N) is 1. The van der Waals surface area contributed by atoms with Crippen LogP contribution in [0.15, 0.2) is 36.5 Å². The molecule has 14 heavy (non-hydrogen) atoms. The maximum atomic E-state index is 6.05. The van der Waals surface area contributed by atoms with Crippen molar-refractivity contribution in [3.05, 3.63) is 36.5 Å². The predicted molar refractivity (Wildman–Crippen MR) is 56.8 cm³/mol. The molecule has 68 valence electrons. The van der Waals surface area contributed by atoms with Crippen LogP contribution >= 0.6 is 0 Å². The summed E-state index contributed by atoms with van der Waals surface area (Å²) in [5.41, 5.74) is 9.93. The Labute approximate surface area is 80.6 Å². The molecule has 0 unspecified atom stereocenters. The Balaban J connectivity index is 2.63. The van der Waals surface area contributed by atoms with E-state index in [0.29, 0.717) is 0 Å². The normalized spacial score (nSPS) is 11.1. The fraction of sp³-hybridized carbons (Fsp3) is 0. The van der Waals surface area contributed by atoms with Crippen LogP contribution in [0.3, 0.4) is 0 Å². The molecule has 0 fully saturated rings. The zero-order valence-corrected chi connectivity index (χ0v) is 7.54. The number of rotatable bonds is 0. The summed E-state index contributed by atoms with van der Waals surface area (Å²) in [5.74, 6) is 0. The molecule has 3 heteroatoms. The largest absolute Gasteiger partial charge is 0.396 e. The zero-order valence-electron chi connectivity index (χ0n) is 7.54. The smallest absolute Gasteiger partial charge is 0.229 e. The van der Waals surface area contributed by atoms with Crippen LogP contribution in [0.4, 0.5) is 5.69 Å². The lowest BCUT2D eigenvalue weighted by Crippen LogP contribution is -2.07. The second kappa shape index (κ2) is 2.48. The maximum absolute atomic E-state index is 6.05. The highest BCUT2D eigenvalue weighted by molar-refractivity contribution is 6.01. The molecule has 0 amide bonds. The molecule has 1 aromatic carbocycles. The van der Waals surface area contributed by atoms with Crippen LogP contribution in [-0.4, -0.2) is 4.98 Å². The first kappa shape index (κ1) is 7.38. The number of hydrogen-bond donors (Lipinski definition) is 2. The Morgan fingerprint density at radius 1 is 1.07 bits per heavy atom. The number of H-pyrrole nitrogens is 2. The predicted octanol–water partition coefficient (Wildman–Crippen LogP) is 1.72. The molecule has 0 radical (unpaired) electrons. The standard InChI is InChI=1S/C11H9N3/c12-10-7-3-1-4-8(7)14-9-5-2-6-13-11(9)10/h1-6,13H,12H2/p+1. The van der Waals surface area contributed by atoms with E-state index in [0.717, 1.165) is 27.6 Å². The van der Waals surface area contributed by atoms with E-state index in [1.54, 1.807) is 0 Å². The van der Waals surface area contributed by atoms with Crippen molar-refractivity contribution < 1.29 is 4.98 Å². The summed E-state index contributed by atoms with van der Waals surface area (Å²) in [4.78, 5) is 6.46. The maximum Gasteiger partial charge on any atom is 0.229 e. The molecule has 2 aromatic heterocycles. The molecule has 4 N–H and O–H groups in total. The lowest BCUT2D eigenvalue weighted by atomic mass is 10.2. The average molecular weight is 184 g/mol. The Morgan fingerprint density at radius 2 is 1.93 bits per heavy atom. The molecule has 3 rings (SSSR count). The van der Waals surface area contributed by atoms with Crippen molar-refractivity contribution in [1.82, 2.24) is 4.98 Å². The van der Waals surface area contributed by atoms with Gasteiger partial charge in [-0.05, 0) is 12.1 Å². The summed E-state index contributed by atoms with van der Waals surface area (Å²) in [6, 6.07) is 10.00. The second-order valence-corrected chi connectivity index (χ2v) is 3.35. The quantitative estimate of drug-likeness (QED) is 0.549. The Hall–Kier alpha value is -2.03. The van der Waals surface area contributed by atoms with Gasteiger partial charge in [-0.15, -0.1) is 0 Å². The van der Waals surface area contributed by atoms with Gasteiger partial charge in [0.1, 0.15) is 5.52 Å². The summed E-state index contributed by atoms with van der Waals surface area (Å²) in [6.45, 7) is 0. The third-order valence-electron chi connectivity index (χ3n) is 2.50. The molecule has 0 atom stereocenters. The van der Waals surface area contributed by atoms with Gasteiger partial charge in [-0.2, -0.15) is 0 Å². The summed E-state index contributed by atoms with van der Waals surface area (Å²) >= 11 is 0. The molecular formula is C11H10N3+. The van der Waals surface area contributed by atoms with Crippen LogP contribution in [-0.2, 0) is 0 Å². The molecule has 0 aliphatic heterocycles. The van der Waals surface area contributed by atoms with Crippen molar-refractivity contribution in [2.24, 2.45) is 0 Å². The fourth-order valence-corrected chi connectivity index (χ4v) is 1.81. The van der Waals surface area contributed by atoms with E-state index >= 15 is 0 Å². The summed E-state index contributed by atoms with van der Waals surface area (Å²) in [5, 5.41) is 1.07. The number of aromatic nitrogens is 2. The van der Waals surface area contributed by atoms with Crippen molar-refractivity contribution in [2.75, 3.05) is 5.73 Å². The van der Waals surface area contributed by atoms with E-state index in [2.05, 4.69) is 9.97 Å². The van der Waals surface area contributed by atoms with Gasteiger partial charge in [0.05, 0.1) is 11.1 Å². The summed E-state index contributed by atoms with van der Waals surface area (Å²) in [7, 11) is 0. The van der Waals surface area contributed by atoms with Gasteiger partial charge >= 0.3 is 0 Å². The second-order valence-electron chi connectivity index (χ2n) is 3.35. The monoisotopic (exact) mass is 184 g/mol. The van der Waals surface area contributed by atoms with Gasteiger partial charge in [0.25, 0.3) is 0 Å². The van der Waals surface area contributed by atoms with Gasteiger partial charge in [-0.25, -0.2) is 4.98 Å². The molecular weight excluding hydrogens is 174 g/mol. The third-order valence-corrected chi connectivity index (χ3v) is 2.50. The number of anilines is 1. The number of fused-ring (bicyclic) bond motifs is 2. The highest BCUT2D eigenvalue weighted by Gasteiger charge is 2.10. The fourth-order valence-electron chi connectivity index (χ4n) is 1.81. The van der Waals surface area contributed by atoms with Gasteiger partial charge in [0.15, 0.2) is 0 Å². The van der Waals surface area contributed by atoms with Crippen LogP contribution in [0.1, 0.15) is 0 Å². The van der Waals surface area contributed by atoms with E-state index < -0.39 is 0 Å². The minimum atomic E-state index is 0.805.